The van der Waals surface area contributed by atoms with Crippen molar-refractivity contribution in [2.75, 3.05) is 46.6 Å². The molecule has 118 valence electrons. The quantitative estimate of drug-likeness (QED) is 0.794. The van der Waals surface area contributed by atoms with Gasteiger partial charge in [-0.15, -0.1) is 12.4 Å². The van der Waals surface area contributed by atoms with Gasteiger partial charge in [0.25, 0.3) is 0 Å². The number of methoxy groups -OCH3 is 1. The van der Waals surface area contributed by atoms with Crippen molar-refractivity contribution in [2.24, 2.45) is 11.3 Å². The maximum Gasteiger partial charge on any atom is 0.225 e. The van der Waals surface area contributed by atoms with E-state index in [0.29, 0.717) is 6.61 Å². The summed E-state index contributed by atoms with van der Waals surface area (Å²) in [5.74, 6) is 0.184. The van der Waals surface area contributed by atoms with Gasteiger partial charge >= 0.3 is 0 Å². The minimum atomic E-state index is 0. The Labute approximate surface area is 127 Å². The van der Waals surface area contributed by atoms with E-state index >= 15 is 0 Å². The van der Waals surface area contributed by atoms with Crippen LogP contribution in [0, 0.1) is 11.3 Å². The van der Waals surface area contributed by atoms with Crippen molar-refractivity contribution in [3.63, 3.8) is 0 Å². The molecule has 1 atom stereocenters. The summed E-state index contributed by atoms with van der Waals surface area (Å²) in [6.07, 6.45) is 4.06. The predicted octanol–water partition coefficient (Wildman–Crippen LogP) is 0.967. The van der Waals surface area contributed by atoms with Gasteiger partial charge in [0, 0.05) is 25.7 Å². The number of hydrogen-bond acceptors (Lipinski definition) is 4. The van der Waals surface area contributed by atoms with E-state index < -0.39 is 0 Å². The third-order valence-electron chi connectivity index (χ3n) is 4.28. The van der Waals surface area contributed by atoms with E-state index in [4.69, 9.17) is 9.47 Å². The predicted molar refractivity (Wildman–Crippen MR) is 80.2 cm³/mol. The van der Waals surface area contributed by atoms with E-state index in [1.54, 1.807) is 7.11 Å². The molecule has 0 spiro atoms. The number of rotatable bonds is 5. The first-order valence-electron chi connectivity index (χ1n) is 7.31. The van der Waals surface area contributed by atoms with E-state index in [2.05, 4.69) is 10.6 Å². The van der Waals surface area contributed by atoms with Gasteiger partial charge < -0.3 is 20.1 Å². The van der Waals surface area contributed by atoms with Gasteiger partial charge in [-0.3, -0.25) is 4.79 Å². The minimum absolute atomic E-state index is 0. The molecule has 2 rings (SSSR count). The fourth-order valence-electron chi connectivity index (χ4n) is 3.00. The lowest BCUT2D eigenvalue weighted by molar-refractivity contribution is -0.129. The zero-order chi connectivity index (χ0) is 13.6. The molecule has 1 unspecified atom stereocenters. The third kappa shape index (κ3) is 4.88. The van der Waals surface area contributed by atoms with Gasteiger partial charge in [0.1, 0.15) is 0 Å². The zero-order valence-corrected chi connectivity index (χ0v) is 13.1. The largest absolute Gasteiger partial charge is 0.384 e. The summed E-state index contributed by atoms with van der Waals surface area (Å²) >= 11 is 0. The fraction of sp³-hybridized carbons (Fsp3) is 0.929. The van der Waals surface area contributed by atoms with Crippen LogP contribution in [-0.4, -0.2) is 52.5 Å². The zero-order valence-electron chi connectivity index (χ0n) is 12.3. The summed E-state index contributed by atoms with van der Waals surface area (Å²) in [5, 5.41) is 6.48. The highest BCUT2D eigenvalue weighted by atomic mass is 35.5. The smallest absolute Gasteiger partial charge is 0.225 e. The monoisotopic (exact) mass is 306 g/mol. The van der Waals surface area contributed by atoms with E-state index in [0.717, 1.165) is 58.5 Å². The molecule has 2 fully saturated rings. The molecule has 0 aromatic heterocycles. The number of nitrogens with one attached hydrogen (secondary N) is 2. The van der Waals surface area contributed by atoms with Gasteiger partial charge in [-0.2, -0.15) is 0 Å². The molecule has 0 saturated carbocycles. The minimum Gasteiger partial charge on any atom is -0.384 e. The van der Waals surface area contributed by atoms with Crippen LogP contribution in [0.5, 0.6) is 0 Å². The van der Waals surface area contributed by atoms with Crippen molar-refractivity contribution in [3.8, 4) is 0 Å². The number of amides is 1. The second kappa shape index (κ2) is 8.82. The average Bonchev–Trinajstić information content (AvgIpc) is 2.47. The Morgan fingerprint density at radius 1 is 1.45 bits per heavy atom. The van der Waals surface area contributed by atoms with E-state index in [9.17, 15) is 4.79 Å². The van der Waals surface area contributed by atoms with Gasteiger partial charge in [-0.1, -0.05) is 0 Å². The maximum absolute atomic E-state index is 12.1. The van der Waals surface area contributed by atoms with Crippen molar-refractivity contribution in [2.45, 2.75) is 25.7 Å². The van der Waals surface area contributed by atoms with E-state index in [1.807, 2.05) is 0 Å². The summed E-state index contributed by atoms with van der Waals surface area (Å²) in [6, 6.07) is 0. The van der Waals surface area contributed by atoms with E-state index in [1.165, 1.54) is 0 Å². The Bertz CT molecular complexity index is 285. The number of ether oxygens (including phenoxy) is 2. The Kier molecular flexibility index (Phi) is 7.80. The third-order valence-corrected chi connectivity index (χ3v) is 4.28. The van der Waals surface area contributed by atoms with Crippen LogP contribution in [-0.2, 0) is 14.3 Å². The number of hydrogen-bond donors (Lipinski definition) is 2. The summed E-state index contributed by atoms with van der Waals surface area (Å²) < 4.78 is 10.7. The molecule has 6 heteroatoms. The molecule has 0 aliphatic carbocycles. The average molecular weight is 307 g/mol. The van der Waals surface area contributed by atoms with Crippen LogP contribution in [0.25, 0.3) is 0 Å². The van der Waals surface area contributed by atoms with Crippen LogP contribution in [0.3, 0.4) is 0 Å². The first kappa shape index (κ1) is 17.7. The standard InChI is InChI=1S/C14H26N2O3.ClH/c1-18-11-14(4-6-15-7-5-14)10-16-13(17)12-3-2-8-19-9-12;/h12,15H,2-11H2,1H3,(H,16,17);1H. The van der Waals surface area contributed by atoms with Crippen molar-refractivity contribution >= 4 is 18.3 Å². The molecule has 0 bridgehead atoms. The summed E-state index contributed by atoms with van der Waals surface area (Å²) in [5.41, 5.74) is 0.102. The van der Waals surface area contributed by atoms with Crippen LogP contribution in [0.1, 0.15) is 25.7 Å². The molecular weight excluding hydrogens is 280 g/mol. The number of halogens is 1. The van der Waals surface area contributed by atoms with Crippen molar-refractivity contribution in [1.29, 1.82) is 0 Å². The number of piperidine rings is 1. The first-order valence-corrected chi connectivity index (χ1v) is 7.31. The molecule has 1 amide bonds. The van der Waals surface area contributed by atoms with Crippen LogP contribution in [0.15, 0.2) is 0 Å². The lowest BCUT2D eigenvalue weighted by atomic mass is 9.79. The normalized spacial score (nSPS) is 25.6. The Balaban J connectivity index is 0.00000200. The second-order valence-corrected chi connectivity index (χ2v) is 5.81. The highest BCUT2D eigenvalue weighted by molar-refractivity contribution is 5.85. The van der Waals surface area contributed by atoms with Crippen molar-refractivity contribution < 1.29 is 14.3 Å². The van der Waals surface area contributed by atoms with Gasteiger partial charge in [0.05, 0.1) is 19.1 Å². The topological polar surface area (TPSA) is 59.6 Å². The van der Waals surface area contributed by atoms with Crippen LogP contribution >= 0.6 is 12.4 Å². The SMILES string of the molecule is COCC1(CNC(=O)C2CCCOC2)CCNCC1.Cl. The Hall–Kier alpha value is -0.360. The number of carbonyl (C=O) groups excluding carboxylic acids is 1. The number of carbonyl (C=O) groups is 1. The second-order valence-electron chi connectivity index (χ2n) is 5.81. The highest BCUT2D eigenvalue weighted by Gasteiger charge is 2.33. The molecule has 5 nitrogen and oxygen atoms in total. The molecule has 2 aliphatic heterocycles. The lowest BCUT2D eigenvalue weighted by Crippen LogP contribution is -2.48. The molecule has 2 saturated heterocycles. The van der Waals surface area contributed by atoms with E-state index in [-0.39, 0.29) is 29.6 Å². The molecule has 0 aromatic rings. The maximum atomic E-state index is 12.1. The van der Waals surface area contributed by atoms with Gasteiger partial charge in [0.2, 0.25) is 5.91 Å². The summed E-state index contributed by atoms with van der Waals surface area (Å²) in [7, 11) is 1.74. The van der Waals surface area contributed by atoms with Crippen molar-refractivity contribution in [1.82, 2.24) is 10.6 Å². The molecule has 2 heterocycles. The van der Waals surface area contributed by atoms with Gasteiger partial charge in [-0.05, 0) is 38.8 Å². The molecule has 20 heavy (non-hydrogen) atoms. The van der Waals surface area contributed by atoms with Crippen LogP contribution < -0.4 is 10.6 Å². The van der Waals surface area contributed by atoms with Gasteiger partial charge in [0.15, 0.2) is 0 Å². The molecule has 0 radical (unpaired) electrons. The Morgan fingerprint density at radius 3 is 2.80 bits per heavy atom. The van der Waals surface area contributed by atoms with Crippen LogP contribution in [0.2, 0.25) is 0 Å². The Morgan fingerprint density at radius 2 is 2.20 bits per heavy atom. The molecule has 0 aromatic carbocycles. The first-order chi connectivity index (χ1) is 9.26. The molecule has 2 N–H and O–H groups in total. The lowest BCUT2D eigenvalue weighted by Gasteiger charge is -2.37. The molecular formula is C14H27ClN2O3. The summed E-state index contributed by atoms with van der Waals surface area (Å²) in [6.45, 7) is 4.82. The molecule has 2 aliphatic rings. The summed E-state index contributed by atoms with van der Waals surface area (Å²) in [4.78, 5) is 12.1. The fourth-order valence-corrected chi connectivity index (χ4v) is 3.00. The van der Waals surface area contributed by atoms with Gasteiger partial charge in [-0.25, -0.2) is 0 Å². The highest BCUT2D eigenvalue weighted by Crippen LogP contribution is 2.28. The van der Waals surface area contributed by atoms with Crippen molar-refractivity contribution in [3.05, 3.63) is 0 Å². The van der Waals surface area contributed by atoms with Crippen LogP contribution in [0.4, 0.5) is 0 Å².